The summed E-state index contributed by atoms with van der Waals surface area (Å²) >= 11 is 0. The molecule has 18 heavy (non-hydrogen) atoms. The highest BCUT2D eigenvalue weighted by Gasteiger charge is 2.14. The highest BCUT2D eigenvalue weighted by Crippen LogP contribution is 2.16. The number of nitrogens with two attached hydrogens (primary N) is 1. The first kappa shape index (κ1) is 14.2. The second kappa shape index (κ2) is 6.80. The third-order valence-electron chi connectivity index (χ3n) is 2.36. The van der Waals surface area contributed by atoms with Crippen LogP contribution < -0.4 is 11.1 Å². The minimum Gasteiger partial charge on any atom is -0.462 e. The van der Waals surface area contributed by atoms with Crippen molar-refractivity contribution in [1.82, 2.24) is 4.98 Å². The normalized spacial score (nSPS) is 11.9. The Bertz CT molecular complexity index is 410. The molecule has 6 heteroatoms. The molecule has 1 aromatic rings. The van der Waals surface area contributed by atoms with Crippen molar-refractivity contribution in [2.45, 2.75) is 20.0 Å². The van der Waals surface area contributed by atoms with Gasteiger partial charge in [0.2, 0.25) is 0 Å². The molecule has 1 heterocycles. The summed E-state index contributed by atoms with van der Waals surface area (Å²) in [6.07, 6.45) is 1.50. The Kier molecular flexibility index (Phi) is 5.38. The molecule has 0 spiro atoms. The Morgan fingerprint density at radius 3 is 2.94 bits per heavy atom. The average molecular weight is 253 g/mol. The highest BCUT2D eigenvalue weighted by atomic mass is 16.5. The van der Waals surface area contributed by atoms with Gasteiger partial charge in [0.25, 0.3) is 0 Å². The van der Waals surface area contributed by atoms with Gasteiger partial charge in [0.05, 0.1) is 24.6 Å². The van der Waals surface area contributed by atoms with E-state index in [1.807, 2.05) is 6.92 Å². The Hall–Kier alpha value is -1.82. The quantitative estimate of drug-likeness (QED) is 0.743. The summed E-state index contributed by atoms with van der Waals surface area (Å²) in [5, 5.41) is 3.04. The van der Waals surface area contributed by atoms with Gasteiger partial charge in [-0.05, 0) is 19.9 Å². The van der Waals surface area contributed by atoms with E-state index in [2.05, 4.69) is 10.3 Å². The summed E-state index contributed by atoms with van der Waals surface area (Å²) in [7, 11) is 1.62. The van der Waals surface area contributed by atoms with Crippen LogP contribution in [-0.2, 0) is 9.47 Å². The topological polar surface area (TPSA) is 86.5 Å². The van der Waals surface area contributed by atoms with Gasteiger partial charge in [0, 0.05) is 13.7 Å². The molecule has 0 fully saturated rings. The van der Waals surface area contributed by atoms with Gasteiger partial charge in [-0.2, -0.15) is 0 Å². The van der Waals surface area contributed by atoms with Gasteiger partial charge < -0.3 is 20.5 Å². The van der Waals surface area contributed by atoms with Crippen molar-refractivity contribution in [3.63, 3.8) is 0 Å². The van der Waals surface area contributed by atoms with Crippen LogP contribution in [0.5, 0.6) is 0 Å². The zero-order valence-electron chi connectivity index (χ0n) is 10.9. The number of methoxy groups -OCH3 is 1. The van der Waals surface area contributed by atoms with E-state index in [1.165, 1.54) is 6.20 Å². The minimum absolute atomic E-state index is 0.0133. The molecule has 6 nitrogen and oxygen atoms in total. The lowest BCUT2D eigenvalue weighted by Gasteiger charge is -2.14. The molecule has 1 rings (SSSR count). The number of esters is 1. The third-order valence-corrected chi connectivity index (χ3v) is 2.36. The first-order valence-corrected chi connectivity index (χ1v) is 5.77. The zero-order valence-corrected chi connectivity index (χ0v) is 10.9. The molecular formula is C12H19N3O3. The number of carbonyl (C=O) groups is 1. The van der Waals surface area contributed by atoms with Crippen molar-refractivity contribution in [3.05, 3.63) is 17.8 Å². The molecule has 0 saturated carbocycles. The van der Waals surface area contributed by atoms with E-state index in [1.54, 1.807) is 20.1 Å². The number of hydrogen-bond donors (Lipinski definition) is 2. The lowest BCUT2D eigenvalue weighted by Crippen LogP contribution is -2.20. The number of rotatable bonds is 6. The molecule has 0 radical (unpaired) electrons. The van der Waals surface area contributed by atoms with Crippen LogP contribution >= 0.6 is 0 Å². The molecule has 0 aliphatic rings. The van der Waals surface area contributed by atoms with Crippen molar-refractivity contribution in [1.29, 1.82) is 0 Å². The molecule has 0 bridgehead atoms. The Balaban J connectivity index is 2.86. The largest absolute Gasteiger partial charge is 0.462 e. The fourth-order valence-corrected chi connectivity index (χ4v) is 1.31. The van der Waals surface area contributed by atoms with E-state index in [0.717, 1.165) is 0 Å². The molecule has 0 aromatic carbocycles. The number of aromatic nitrogens is 1. The monoisotopic (exact) mass is 253 g/mol. The fraction of sp³-hybridized carbons (Fsp3) is 0.500. The van der Waals surface area contributed by atoms with Crippen molar-refractivity contribution in [2.75, 3.05) is 31.3 Å². The lowest BCUT2D eigenvalue weighted by atomic mass is 10.2. The summed E-state index contributed by atoms with van der Waals surface area (Å²) < 4.78 is 10.1. The van der Waals surface area contributed by atoms with Gasteiger partial charge >= 0.3 is 5.97 Å². The van der Waals surface area contributed by atoms with Crippen LogP contribution in [0, 0.1) is 0 Å². The van der Waals surface area contributed by atoms with E-state index < -0.39 is 5.97 Å². The Morgan fingerprint density at radius 2 is 2.33 bits per heavy atom. The van der Waals surface area contributed by atoms with Gasteiger partial charge in [0.15, 0.2) is 0 Å². The average Bonchev–Trinajstić information content (AvgIpc) is 2.37. The standard InChI is InChI=1S/C12H19N3O3/c1-4-18-12(16)10-5-9(13)7-15-11(10)14-6-8(2)17-3/h5,7-8H,4,6,13H2,1-3H3,(H,14,15). The van der Waals surface area contributed by atoms with Crippen LogP contribution in [0.1, 0.15) is 24.2 Å². The first-order chi connectivity index (χ1) is 8.58. The first-order valence-electron chi connectivity index (χ1n) is 5.77. The van der Waals surface area contributed by atoms with Crippen LogP contribution in [0.3, 0.4) is 0 Å². The van der Waals surface area contributed by atoms with Crippen LogP contribution in [0.15, 0.2) is 12.3 Å². The SMILES string of the molecule is CCOC(=O)c1cc(N)cnc1NCC(C)OC. The van der Waals surface area contributed by atoms with Crippen molar-refractivity contribution < 1.29 is 14.3 Å². The molecule has 0 amide bonds. The number of ether oxygens (including phenoxy) is 2. The van der Waals surface area contributed by atoms with Crippen molar-refractivity contribution >= 4 is 17.5 Å². The maximum atomic E-state index is 11.7. The van der Waals surface area contributed by atoms with Gasteiger partial charge in [0.1, 0.15) is 11.4 Å². The van der Waals surface area contributed by atoms with E-state index in [9.17, 15) is 4.79 Å². The maximum Gasteiger partial charge on any atom is 0.341 e. The molecule has 0 aliphatic heterocycles. The van der Waals surface area contributed by atoms with E-state index in [0.29, 0.717) is 30.2 Å². The van der Waals surface area contributed by atoms with E-state index in [4.69, 9.17) is 15.2 Å². The predicted octanol–water partition coefficient (Wildman–Crippen LogP) is 1.29. The molecule has 3 N–H and O–H groups in total. The summed E-state index contributed by atoms with van der Waals surface area (Å²) in [4.78, 5) is 15.8. The molecule has 1 unspecified atom stereocenters. The number of nitrogens with one attached hydrogen (secondary N) is 1. The lowest BCUT2D eigenvalue weighted by molar-refractivity contribution is 0.0527. The van der Waals surface area contributed by atoms with Crippen LogP contribution in [0.4, 0.5) is 11.5 Å². The number of anilines is 2. The number of carbonyl (C=O) groups excluding carboxylic acids is 1. The smallest absolute Gasteiger partial charge is 0.341 e. The predicted molar refractivity (Wildman–Crippen MR) is 69.6 cm³/mol. The van der Waals surface area contributed by atoms with Crippen molar-refractivity contribution in [3.8, 4) is 0 Å². The number of nitrogen functional groups attached to an aromatic ring is 1. The summed E-state index contributed by atoms with van der Waals surface area (Å²) in [6.45, 7) is 4.51. The Morgan fingerprint density at radius 1 is 1.61 bits per heavy atom. The third kappa shape index (κ3) is 3.89. The highest BCUT2D eigenvalue weighted by molar-refractivity contribution is 5.95. The molecule has 0 aliphatic carbocycles. The zero-order chi connectivity index (χ0) is 13.5. The van der Waals surface area contributed by atoms with Gasteiger partial charge in [-0.15, -0.1) is 0 Å². The second-order valence-electron chi connectivity index (χ2n) is 3.81. The molecule has 1 atom stereocenters. The second-order valence-corrected chi connectivity index (χ2v) is 3.81. The van der Waals surface area contributed by atoms with Crippen molar-refractivity contribution in [2.24, 2.45) is 0 Å². The summed E-state index contributed by atoms with van der Waals surface area (Å²) in [5.41, 5.74) is 6.37. The van der Waals surface area contributed by atoms with E-state index in [-0.39, 0.29) is 6.10 Å². The van der Waals surface area contributed by atoms with Crippen LogP contribution in [-0.4, -0.2) is 37.3 Å². The Labute approximate surface area is 106 Å². The fourth-order valence-electron chi connectivity index (χ4n) is 1.31. The molecular weight excluding hydrogens is 234 g/mol. The van der Waals surface area contributed by atoms with Gasteiger partial charge in [-0.1, -0.05) is 0 Å². The summed E-state index contributed by atoms with van der Waals surface area (Å²) in [5.74, 6) is 0.0106. The van der Waals surface area contributed by atoms with Gasteiger partial charge in [-0.25, -0.2) is 9.78 Å². The molecule has 100 valence electrons. The number of hydrogen-bond acceptors (Lipinski definition) is 6. The number of pyridine rings is 1. The molecule has 1 aromatic heterocycles. The van der Waals surface area contributed by atoms with Crippen LogP contribution in [0.25, 0.3) is 0 Å². The van der Waals surface area contributed by atoms with E-state index >= 15 is 0 Å². The minimum atomic E-state index is -0.440. The van der Waals surface area contributed by atoms with Crippen LogP contribution in [0.2, 0.25) is 0 Å². The number of nitrogens with zero attached hydrogens (tertiary/aromatic N) is 1. The van der Waals surface area contributed by atoms with Gasteiger partial charge in [-0.3, -0.25) is 0 Å². The summed E-state index contributed by atoms with van der Waals surface area (Å²) in [6, 6.07) is 1.55. The maximum absolute atomic E-state index is 11.7. The molecule has 0 saturated heterocycles.